The maximum absolute atomic E-state index is 5.67. The second-order valence-electron chi connectivity index (χ2n) is 4.36. The van der Waals surface area contributed by atoms with Crippen LogP contribution < -0.4 is 5.73 Å². The van der Waals surface area contributed by atoms with Crippen LogP contribution in [0.3, 0.4) is 0 Å². The molecule has 6 heteroatoms. The average Bonchev–Trinajstić information content (AvgIpc) is 3.00. The Bertz CT molecular complexity index is 345. The summed E-state index contributed by atoms with van der Waals surface area (Å²) in [6.07, 6.45) is 2.48. The Balaban J connectivity index is 1.99. The lowest BCUT2D eigenvalue weighted by atomic mass is 10.5. The zero-order chi connectivity index (χ0) is 11.5. The Labute approximate surface area is 100 Å². The lowest BCUT2D eigenvalue weighted by Gasteiger charge is -2.10. The third kappa shape index (κ3) is 2.75. The van der Waals surface area contributed by atoms with E-state index in [1.807, 2.05) is 0 Å². The van der Waals surface area contributed by atoms with Gasteiger partial charge in [0.15, 0.2) is 5.16 Å². The van der Waals surface area contributed by atoms with Crippen molar-refractivity contribution in [3.63, 3.8) is 0 Å². The lowest BCUT2D eigenvalue weighted by Crippen LogP contribution is -2.15. The summed E-state index contributed by atoms with van der Waals surface area (Å²) in [5, 5.41) is 9.40. The molecule has 0 saturated heterocycles. The van der Waals surface area contributed by atoms with Gasteiger partial charge in [-0.3, -0.25) is 0 Å². The molecule has 0 unspecified atom stereocenters. The van der Waals surface area contributed by atoms with Gasteiger partial charge in [0.2, 0.25) is 0 Å². The van der Waals surface area contributed by atoms with Crippen LogP contribution in [0.4, 0.5) is 0 Å². The molecule has 2 rings (SSSR count). The van der Waals surface area contributed by atoms with Gasteiger partial charge in [0.25, 0.3) is 0 Å². The third-order valence-electron chi connectivity index (χ3n) is 2.60. The first kappa shape index (κ1) is 11.9. The number of nitrogens with zero attached hydrogens (tertiary/aromatic N) is 4. The highest BCUT2D eigenvalue weighted by atomic mass is 32.2. The Hall–Kier alpha value is -0.590. The monoisotopic (exact) mass is 241 g/mol. The first-order valence-electron chi connectivity index (χ1n) is 5.63. The molecule has 90 valence electrons. The zero-order valence-corrected chi connectivity index (χ0v) is 10.7. The Morgan fingerprint density at radius 3 is 2.75 bits per heavy atom. The zero-order valence-electron chi connectivity index (χ0n) is 9.89. The van der Waals surface area contributed by atoms with Gasteiger partial charge in [-0.15, -0.1) is 10.2 Å². The second-order valence-corrected chi connectivity index (χ2v) is 5.42. The van der Waals surface area contributed by atoms with Gasteiger partial charge in [0.05, 0.1) is 6.54 Å². The van der Waals surface area contributed by atoms with Crippen LogP contribution in [-0.2, 0) is 6.54 Å². The molecule has 2 N–H and O–H groups in total. The van der Waals surface area contributed by atoms with Gasteiger partial charge in [0, 0.05) is 18.3 Å². The van der Waals surface area contributed by atoms with Crippen LogP contribution in [0.5, 0.6) is 0 Å². The number of aromatic nitrogens is 3. The SMILES string of the molecule is CN(C)CCSc1nnc(CN)n1C1CC1. The van der Waals surface area contributed by atoms with Crippen LogP contribution in [-0.4, -0.2) is 46.1 Å². The highest BCUT2D eigenvalue weighted by molar-refractivity contribution is 7.99. The molecule has 0 spiro atoms. The van der Waals surface area contributed by atoms with Crippen molar-refractivity contribution in [2.75, 3.05) is 26.4 Å². The van der Waals surface area contributed by atoms with Gasteiger partial charge in [-0.2, -0.15) is 0 Å². The van der Waals surface area contributed by atoms with Crippen molar-refractivity contribution in [1.82, 2.24) is 19.7 Å². The molecule has 1 aliphatic rings. The van der Waals surface area contributed by atoms with E-state index >= 15 is 0 Å². The number of hydrogen-bond acceptors (Lipinski definition) is 5. The molecule has 1 aliphatic carbocycles. The fourth-order valence-corrected chi connectivity index (χ4v) is 2.70. The standard InChI is InChI=1S/C10H19N5S/c1-14(2)5-6-16-10-13-12-9(7-11)15(10)8-3-4-8/h8H,3-7,11H2,1-2H3. The van der Waals surface area contributed by atoms with Crippen molar-refractivity contribution in [1.29, 1.82) is 0 Å². The van der Waals surface area contributed by atoms with Gasteiger partial charge < -0.3 is 15.2 Å². The van der Waals surface area contributed by atoms with Crippen molar-refractivity contribution in [2.24, 2.45) is 5.73 Å². The van der Waals surface area contributed by atoms with E-state index in [4.69, 9.17) is 5.73 Å². The highest BCUT2D eigenvalue weighted by Gasteiger charge is 2.28. The summed E-state index contributed by atoms with van der Waals surface area (Å²) in [7, 11) is 4.16. The topological polar surface area (TPSA) is 60.0 Å². The first-order chi connectivity index (χ1) is 7.72. The molecule has 0 atom stereocenters. The number of hydrogen-bond donors (Lipinski definition) is 1. The van der Waals surface area contributed by atoms with E-state index in [1.165, 1.54) is 12.8 Å². The van der Waals surface area contributed by atoms with Crippen LogP contribution >= 0.6 is 11.8 Å². The summed E-state index contributed by atoms with van der Waals surface area (Å²) in [5.74, 6) is 1.97. The van der Waals surface area contributed by atoms with Crippen LogP contribution in [0.15, 0.2) is 5.16 Å². The van der Waals surface area contributed by atoms with Crippen LogP contribution in [0, 0.1) is 0 Å². The van der Waals surface area contributed by atoms with Gasteiger partial charge >= 0.3 is 0 Å². The predicted octanol–water partition coefficient (Wildman–Crippen LogP) is 0.725. The van der Waals surface area contributed by atoms with E-state index in [0.717, 1.165) is 23.3 Å². The molecule has 1 fully saturated rings. The van der Waals surface area contributed by atoms with E-state index < -0.39 is 0 Å². The minimum atomic E-state index is 0.484. The first-order valence-corrected chi connectivity index (χ1v) is 6.62. The Morgan fingerprint density at radius 1 is 1.44 bits per heavy atom. The van der Waals surface area contributed by atoms with E-state index in [2.05, 4.69) is 33.8 Å². The van der Waals surface area contributed by atoms with E-state index in [-0.39, 0.29) is 0 Å². The van der Waals surface area contributed by atoms with Crippen molar-refractivity contribution >= 4 is 11.8 Å². The maximum Gasteiger partial charge on any atom is 0.191 e. The summed E-state index contributed by atoms with van der Waals surface area (Å²) in [6.45, 7) is 1.54. The van der Waals surface area contributed by atoms with E-state index in [1.54, 1.807) is 11.8 Å². The second kappa shape index (κ2) is 5.16. The summed E-state index contributed by atoms with van der Waals surface area (Å²) < 4.78 is 2.22. The molecule has 1 saturated carbocycles. The third-order valence-corrected chi connectivity index (χ3v) is 3.52. The molecule has 0 aromatic carbocycles. The van der Waals surface area contributed by atoms with Crippen molar-refractivity contribution < 1.29 is 0 Å². The van der Waals surface area contributed by atoms with Crippen LogP contribution in [0.25, 0.3) is 0 Å². The molecular weight excluding hydrogens is 222 g/mol. The number of nitrogens with two attached hydrogens (primary N) is 1. The molecule has 16 heavy (non-hydrogen) atoms. The average molecular weight is 241 g/mol. The largest absolute Gasteiger partial charge is 0.324 e. The fraction of sp³-hybridized carbons (Fsp3) is 0.800. The van der Waals surface area contributed by atoms with Crippen LogP contribution in [0.1, 0.15) is 24.7 Å². The van der Waals surface area contributed by atoms with Crippen molar-refractivity contribution in [2.45, 2.75) is 30.6 Å². The quantitative estimate of drug-likeness (QED) is 0.744. The highest BCUT2D eigenvalue weighted by Crippen LogP contribution is 2.38. The normalized spacial score (nSPS) is 16.0. The molecule has 1 aromatic heterocycles. The van der Waals surface area contributed by atoms with Crippen molar-refractivity contribution in [3.8, 4) is 0 Å². The molecule has 0 aliphatic heterocycles. The van der Waals surface area contributed by atoms with Gasteiger partial charge in [-0.05, 0) is 26.9 Å². The minimum Gasteiger partial charge on any atom is -0.324 e. The molecule has 0 radical (unpaired) electrons. The minimum absolute atomic E-state index is 0.484. The molecule has 0 amide bonds. The summed E-state index contributed by atoms with van der Waals surface area (Å²) in [6, 6.07) is 0.607. The maximum atomic E-state index is 5.67. The smallest absolute Gasteiger partial charge is 0.191 e. The molecule has 0 bridgehead atoms. The van der Waals surface area contributed by atoms with Gasteiger partial charge in [-0.1, -0.05) is 11.8 Å². The number of rotatable bonds is 6. The Morgan fingerprint density at radius 2 is 2.19 bits per heavy atom. The van der Waals surface area contributed by atoms with Crippen molar-refractivity contribution in [3.05, 3.63) is 5.82 Å². The van der Waals surface area contributed by atoms with Crippen LogP contribution in [0.2, 0.25) is 0 Å². The fourth-order valence-electron chi connectivity index (χ4n) is 1.56. The molecule has 1 heterocycles. The summed E-state index contributed by atoms with van der Waals surface area (Å²) in [4.78, 5) is 2.18. The van der Waals surface area contributed by atoms with Gasteiger partial charge in [-0.25, -0.2) is 0 Å². The lowest BCUT2D eigenvalue weighted by molar-refractivity contribution is 0.437. The molecular formula is C10H19N5S. The van der Waals surface area contributed by atoms with Gasteiger partial charge in [0.1, 0.15) is 5.82 Å². The molecule has 1 aromatic rings. The summed E-state index contributed by atoms with van der Waals surface area (Å²) in [5.41, 5.74) is 5.67. The molecule has 5 nitrogen and oxygen atoms in total. The predicted molar refractivity (Wildman–Crippen MR) is 65.5 cm³/mol. The number of thioether (sulfide) groups is 1. The van der Waals surface area contributed by atoms with E-state index in [0.29, 0.717) is 12.6 Å². The Kier molecular flexibility index (Phi) is 3.83. The van der Waals surface area contributed by atoms with E-state index in [9.17, 15) is 0 Å². The summed E-state index contributed by atoms with van der Waals surface area (Å²) >= 11 is 1.77.